The third-order valence-electron chi connectivity index (χ3n) is 8.98. The molecule has 3 aromatic heterocycles. The van der Waals surface area contributed by atoms with E-state index >= 15 is 0 Å². The quantitative estimate of drug-likeness (QED) is 0.280. The number of benzene rings is 1. The van der Waals surface area contributed by atoms with Crippen LogP contribution in [0.5, 0.6) is 5.75 Å². The van der Waals surface area contributed by atoms with Gasteiger partial charge in [0, 0.05) is 44.5 Å². The van der Waals surface area contributed by atoms with E-state index < -0.39 is 18.2 Å². The van der Waals surface area contributed by atoms with Gasteiger partial charge in [-0.25, -0.2) is 28.7 Å². The average Bonchev–Trinajstić information content (AvgIpc) is 3.04. The summed E-state index contributed by atoms with van der Waals surface area (Å²) in [7, 11) is 3.55. The molecule has 6 rings (SSSR count). The summed E-state index contributed by atoms with van der Waals surface area (Å²) in [4.78, 5) is 64.0. The second-order valence-electron chi connectivity index (χ2n) is 12.0. The lowest BCUT2D eigenvalue weighted by Gasteiger charge is -2.54. The van der Waals surface area contributed by atoms with Gasteiger partial charge in [0.15, 0.2) is 22.6 Å². The summed E-state index contributed by atoms with van der Waals surface area (Å²) in [6, 6.07) is 3.17. The summed E-state index contributed by atoms with van der Waals surface area (Å²) >= 11 is 6.22. The Bertz CT molecular complexity index is 1990. The fraction of sp³-hybridized carbons (Fsp3) is 0.406. The molecule has 2 N–H and O–H groups in total. The topological polar surface area (TPSA) is 150 Å². The number of carbonyl (C=O) groups excluding carboxylic acids is 2. The van der Waals surface area contributed by atoms with Crippen molar-refractivity contribution in [3.8, 4) is 5.75 Å². The van der Waals surface area contributed by atoms with Crippen LogP contribution in [0, 0.1) is 6.92 Å². The lowest BCUT2D eigenvalue weighted by molar-refractivity contribution is -0.116. The number of rotatable bonds is 8. The molecule has 16 heteroatoms. The summed E-state index contributed by atoms with van der Waals surface area (Å²) in [6.07, 6.45) is 1.81. The average molecular weight is 682 g/mol. The molecule has 252 valence electrons. The standard InChI is InChI=1S/C32H34ClF2N9O4/c1-5-20-27(42-10-11-43(22-9-8-21(22)42)32(48)26-28(46)16(2)37-15-38-26)29(47)25-31(36-13-23(40-25)41(3)4)44(20)14-24(45)39-19-7-6-17(30(34)35)12-18(19)33/h6-7,12-13,15,21-22,30,46H,5,8-11,14H2,1-4H3,(H,39,45)/t21-,22-/m0/s1. The van der Waals surface area contributed by atoms with Crippen molar-refractivity contribution in [1.82, 2.24) is 29.4 Å². The van der Waals surface area contributed by atoms with Crippen LogP contribution in [0.3, 0.4) is 0 Å². The predicted octanol–water partition coefficient (Wildman–Crippen LogP) is 3.95. The zero-order valence-electron chi connectivity index (χ0n) is 26.7. The number of aromatic nitrogens is 5. The van der Waals surface area contributed by atoms with Crippen molar-refractivity contribution in [2.45, 2.75) is 58.2 Å². The maximum atomic E-state index is 14.4. The minimum absolute atomic E-state index is 0.0355. The molecule has 4 aromatic rings. The van der Waals surface area contributed by atoms with Gasteiger partial charge < -0.3 is 29.7 Å². The Morgan fingerprint density at radius 1 is 1.15 bits per heavy atom. The number of nitrogens with one attached hydrogen (secondary N) is 1. The first-order valence-corrected chi connectivity index (χ1v) is 15.8. The fourth-order valence-corrected chi connectivity index (χ4v) is 6.63. The molecule has 2 atom stereocenters. The molecule has 2 fully saturated rings. The van der Waals surface area contributed by atoms with E-state index in [4.69, 9.17) is 11.6 Å². The number of nitrogens with zero attached hydrogens (tertiary/aromatic N) is 8. The largest absolute Gasteiger partial charge is 0.504 e. The second-order valence-corrected chi connectivity index (χ2v) is 12.4. The van der Waals surface area contributed by atoms with Crippen LogP contribution in [0.2, 0.25) is 5.02 Å². The van der Waals surface area contributed by atoms with E-state index in [9.17, 15) is 28.3 Å². The number of anilines is 3. The zero-order valence-corrected chi connectivity index (χ0v) is 27.5. The van der Waals surface area contributed by atoms with Gasteiger partial charge >= 0.3 is 0 Å². The van der Waals surface area contributed by atoms with Crippen molar-refractivity contribution in [3.05, 3.63) is 68.6 Å². The highest BCUT2D eigenvalue weighted by Crippen LogP contribution is 2.39. The fourth-order valence-electron chi connectivity index (χ4n) is 6.39. The summed E-state index contributed by atoms with van der Waals surface area (Å²) in [6.45, 7) is 3.77. The highest BCUT2D eigenvalue weighted by atomic mass is 35.5. The van der Waals surface area contributed by atoms with Gasteiger partial charge in [-0.1, -0.05) is 24.6 Å². The van der Waals surface area contributed by atoms with E-state index in [1.165, 1.54) is 24.7 Å². The number of aryl methyl sites for hydroxylation is 1. The number of piperazine rings is 1. The minimum Gasteiger partial charge on any atom is -0.504 e. The van der Waals surface area contributed by atoms with E-state index in [1.807, 2.05) is 11.8 Å². The first-order chi connectivity index (χ1) is 22.9. The molecule has 2 aliphatic rings. The first-order valence-electron chi connectivity index (χ1n) is 15.5. The third kappa shape index (κ3) is 5.76. The van der Waals surface area contributed by atoms with Gasteiger partial charge in [-0.05, 0) is 38.3 Å². The lowest BCUT2D eigenvalue weighted by atomic mass is 9.81. The molecule has 1 aromatic carbocycles. The molecule has 1 aliphatic carbocycles. The molecular formula is C32H34ClF2N9O4. The molecule has 2 amide bonds. The summed E-state index contributed by atoms with van der Waals surface area (Å²) < 4.78 is 28.0. The first kappa shape index (κ1) is 33.0. The number of pyridine rings is 1. The maximum Gasteiger partial charge on any atom is 0.276 e. The van der Waals surface area contributed by atoms with Crippen molar-refractivity contribution in [3.63, 3.8) is 0 Å². The maximum absolute atomic E-state index is 14.4. The van der Waals surface area contributed by atoms with Gasteiger partial charge in [-0.3, -0.25) is 14.4 Å². The molecule has 0 radical (unpaired) electrons. The van der Waals surface area contributed by atoms with Crippen molar-refractivity contribution < 1.29 is 23.5 Å². The molecule has 13 nitrogen and oxygen atoms in total. The van der Waals surface area contributed by atoms with Crippen LogP contribution in [-0.4, -0.2) is 85.6 Å². The van der Waals surface area contributed by atoms with E-state index in [0.717, 1.165) is 6.07 Å². The Labute approximate surface area is 279 Å². The van der Waals surface area contributed by atoms with Crippen molar-refractivity contribution in [2.75, 3.05) is 42.3 Å². The van der Waals surface area contributed by atoms with Gasteiger partial charge in [0.1, 0.15) is 24.4 Å². The number of carbonyl (C=O) groups is 2. The van der Waals surface area contributed by atoms with Gasteiger partial charge in [0.25, 0.3) is 12.3 Å². The number of halogens is 3. The van der Waals surface area contributed by atoms with Crippen LogP contribution in [0.25, 0.3) is 11.2 Å². The van der Waals surface area contributed by atoms with Crippen LogP contribution in [0.1, 0.15) is 53.6 Å². The molecule has 1 aliphatic heterocycles. The predicted molar refractivity (Wildman–Crippen MR) is 176 cm³/mol. The van der Waals surface area contributed by atoms with E-state index in [0.29, 0.717) is 48.7 Å². The van der Waals surface area contributed by atoms with Crippen molar-refractivity contribution in [2.24, 2.45) is 0 Å². The van der Waals surface area contributed by atoms with Crippen molar-refractivity contribution in [1.29, 1.82) is 0 Å². The van der Waals surface area contributed by atoms with Gasteiger partial charge in [-0.15, -0.1) is 0 Å². The van der Waals surface area contributed by atoms with Crippen LogP contribution in [0.15, 0.2) is 35.5 Å². The molecule has 0 bridgehead atoms. The molecule has 0 spiro atoms. The lowest BCUT2D eigenvalue weighted by Crippen LogP contribution is -2.67. The highest BCUT2D eigenvalue weighted by Gasteiger charge is 2.47. The Morgan fingerprint density at radius 2 is 1.90 bits per heavy atom. The highest BCUT2D eigenvalue weighted by molar-refractivity contribution is 6.33. The van der Waals surface area contributed by atoms with E-state index in [1.54, 1.807) is 35.4 Å². The second kappa shape index (κ2) is 12.9. The number of fused-ring (bicyclic) bond motifs is 2. The Hall–Kier alpha value is -4.92. The summed E-state index contributed by atoms with van der Waals surface area (Å²) in [5.41, 5.74) is 1.03. The van der Waals surface area contributed by atoms with Gasteiger partial charge in [0.2, 0.25) is 11.3 Å². The third-order valence-corrected chi connectivity index (χ3v) is 9.29. The number of hydrogen-bond acceptors (Lipinski definition) is 10. The number of hydrogen-bond donors (Lipinski definition) is 2. The van der Waals surface area contributed by atoms with E-state index in [-0.39, 0.29) is 69.5 Å². The molecule has 0 unspecified atom stereocenters. The number of alkyl halides is 2. The smallest absolute Gasteiger partial charge is 0.276 e. The van der Waals surface area contributed by atoms with Crippen LogP contribution in [0.4, 0.5) is 26.0 Å². The molecule has 48 heavy (non-hydrogen) atoms. The monoisotopic (exact) mass is 681 g/mol. The van der Waals surface area contributed by atoms with Gasteiger partial charge in [0.05, 0.1) is 28.6 Å². The van der Waals surface area contributed by atoms with Crippen molar-refractivity contribution >= 4 is 51.8 Å². The Balaban J connectivity index is 1.39. The zero-order chi connectivity index (χ0) is 34.4. The van der Waals surface area contributed by atoms with Crippen LogP contribution >= 0.6 is 11.6 Å². The number of aromatic hydroxyl groups is 1. The molecule has 4 heterocycles. The molecule has 1 saturated carbocycles. The van der Waals surface area contributed by atoms with E-state index in [2.05, 4.69) is 25.3 Å². The summed E-state index contributed by atoms with van der Waals surface area (Å²) in [5, 5.41) is 13.2. The minimum atomic E-state index is -2.71. The van der Waals surface area contributed by atoms with Crippen LogP contribution < -0.4 is 20.5 Å². The number of amides is 2. The Kier molecular flexibility index (Phi) is 8.90. The molecular weight excluding hydrogens is 648 g/mol. The summed E-state index contributed by atoms with van der Waals surface area (Å²) in [5.74, 6) is -0.722. The van der Waals surface area contributed by atoms with Gasteiger partial charge in [-0.2, -0.15) is 0 Å². The normalized spacial score (nSPS) is 17.3. The molecule has 1 saturated heterocycles. The Morgan fingerprint density at radius 3 is 2.54 bits per heavy atom. The SMILES string of the molecule is CCc1c(N2CCN(C(=O)c3ncnc(C)c3O)[C@H]3CC[C@@H]32)c(=O)c2nc(N(C)C)cnc2n1CC(=O)Nc1ccc(C(F)F)cc1Cl. The van der Waals surface area contributed by atoms with Crippen LogP contribution in [-0.2, 0) is 17.8 Å².